The molecule has 0 unspecified atom stereocenters. The molecule has 35 heavy (non-hydrogen) atoms. The number of rotatable bonds is 7. The molecular weight excluding hydrogens is 444 g/mol. The van der Waals surface area contributed by atoms with Gasteiger partial charge in [0.25, 0.3) is 0 Å². The lowest BCUT2D eigenvalue weighted by molar-refractivity contribution is 0.0388. The highest BCUT2D eigenvalue weighted by atomic mass is 16.5. The molecule has 0 saturated carbocycles. The van der Waals surface area contributed by atoms with Gasteiger partial charge in [-0.15, -0.1) is 0 Å². The Labute approximate surface area is 206 Å². The molecule has 2 aromatic carbocycles. The van der Waals surface area contributed by atoms with E-state index in [-0.39, 0.29) is 6.03 Å². The lowest BCUT2D eigenvalue weighted by Gasteiger charge is -2.26. The van der Waals surface area contributed by atoms with Crippen LogP contribution in [0.5, 0.6) is 11.5 Å². The summed E-state index contributed by atoms with van der Waals surface area (Å²) in [7, 11) is 0. The number of nitrogens with one attached hydrogen (secondary N) is 2. The van der Waals surface area contributed by atoms with Crippen molar-refractivity contribution in [3.8, 4) is 22.6 Å². The maximum absolute atomic E-state index is 12.4. The first kappa shape index (κ1) is 24.8. The van der Waals surface area contributed by atoms with Gasteiger partial charge in [0.05, 0.1) is 18.9 Å². The van der Waals surface area contributed by atoms with Crippen molar-refractivity contribution >= 4 is 11.7 Å². The molecule has 1 fully saturated rings. The number of hydrogen-bond donors (Lipinski definition) is 2. The number of ether oxygens (including phenoxy) is 2. The third kappa shape index (κ3) is 6.21. The highest BCUT2D eigenvalue weighted by molar-refractivity contribution is 5.89. The van der Waals surface area contributed by atoms with E-state index in [1.54, 1.807) is 0 Å². The lowest BCUT2D eigenvalue weighted by atomic mass is 10.0. The van der Waals surface area contributed by atoms with Crippen LogP contribution in [0.25, 0.3) is 11.1 Å². The van der Waals surface area contributed by atoms with Crippen LogP contribution in [-0.2, 0) is 4.74 Å². The molecule has 2 heterocycles. The summed E-state index contributed by atoms with van der Waals surface area (Å²) in [6.07, 6.45) is 0. The summed E-state index contributed by atoms with van der Waals surface area (Å²) < 4.78 is 17.0. The van der Waals surface area contributed by atoms with Crippen LogP contribution < -0.4 is 15.4 Å². The standard InChI is InChI=1S/C27H34N4O4/c1-17-12-22(25-20(4)30-35-21(25)5)16-24(13-17)34-26-18(2)14-23(15-19(26)3)29-27(32)28-6-7-31-8-10-33-11-9-31/h12-16H,6-11H2,1-5H3,(H2,28,29,32). The van der Waals surface area contributed by atoms with E-state index in [1.807, 2.05) is 58.9 Å². The number of morpholine rings is 1. The zero-order valence-electron chi connectivity index (χ0n) is 21.2. The molecule has 0 spiro atoms. The van der Waals surface area contributed by atoms with Gasteiger partial charge in [-0.05, 0) is 81.1 Å². The van der Waals surface area contributed by atoms with Crippen LogP contribution in [0.3, 0.4) is 0 Å². The van der Waals surface area contributed by atoms with Crippen LogP contribution in [0.4, 0.5) is 10.5 Å². The fraction of sp³-hybridized carbons (Fsp3) is 0.407. The van der Waals surface area contributed by atoms with Gasteiger partial charge in [0.2, 0.25) is 0 Å². The summed E-state index contributed by atoms with van der Waals surface area (Å²) in [5, 5.41) is 9.94. The quantitative estimate of drug-likeness (QED) is 0.489. The number of anilines is 1. The molecular formula is C27H34N4O4. The minimum absolute atomic E-state index is 0.214. The van der Waals surface area contributed by atoms with E-state index < -0.39 is 0 Å². The zero-order valence-corrected chi connectivity index (χ0v) is 21.2. The second kappa shape index (κ2) is 10.9. The summed E-state index contributed by atoms with van der Waals surface area (Å²) in [4.78, 5) is 14.7. The molecule has 8 heteroatoms. The first-order chi connectivity index (χ1) is 16.8. The van der Waals surface area contributed by atoms with E-state index >= 15 is 0 Å². The molecule has 1 aliphatic heterocycles. The molecule has 1 aliphatic rings. The number of aryl methyl sites for hydroxylation is 5. The fourth-order valence-corrected chi connectivity index (χ4v) is 4.48. The van der Waals surface area contributed by atoms with E-state index in [0.29, 0.717) is 6.54 Å². The Balaban J connectivity index is 1.42. The maximum Gasteiger partial charge on any atom is 0.319 e. The topological polar surface area (TPSA) is 88.9 Å². The number of nitrogens with zero attached hydrogens (tertiary/aromatic N) is 2. The van der Waals surface area contributed by atoms with Gasteiger partial charge >= 0.3 is 6.03 Å². The molecule has 186 valence electrons. The highest BCUT2D eigenvalue weighted by Gasteiger charge is 2.15. The summed E-state index contributed by atoms with van der Waals surface area (Å²) in [6.45, 7) is 14.6. The van der Waals surface area contributed by atoms with Crippen molar-refractivity contribution in [2.24, 2.45) is 0 Å². The maximum atomic E-state index is 12.4. The van der Waals surface area contributed by atoms with Crippen molar-refractivity contribution in [3.05, 3.63) is 58.5 Å². The predicted molar refractivity (Wildman–Crippen MR) is 136 cm³/mol. The number of benzene rings is 2. The van der Waals surface area contributed by atoms with Gasteiger partial charge in [0, 0.05) is 37.4 Å². The van der Waals surface area contributed by atoms with Crippen molar-refractivity contribution in [1.82, 2.24) is 15.4 Å². The van der Waals surface area contributed by atoms with Crippen molar-refractivity contribution in [1.29, 1.82) is 0 Å². The monoisotopic (exact) mass is 478 g/mol. The minimum atomic E-state index is -0.214. The average Bonchev–Trinajstić information content (AvgIpc) is 3.14. The summed E-state index contributed by atoms with van der Waals surface area (Å²) >= 11 is 0. The Hall–Kier alpha value is -3.36. The van der Waals surface area contributed by atoms with Crippen LogP contribution in [0.2, 0.25) is 0 Å². The van der Waals surface area contributed by atoms with Crippen LogP contribution in [-0.4, -0.2) is 55.5 Å². The number of carbonyl (C=O) groups excluding carboxylic acids is 1. The van der Waals surface area contributed by atoms with Crippen molar-refractivity contribution in [2.45, 2.75) is 34.6 Å². The fourth-order valence-electron chi connectivity index (χ4n) is 4.48. The number of carbonyl (C=O) groups is 1. The van der Waals surface area contributed by atoms with Crippen molar-refractivity contribution < 1.29 is 18.8 Å². The third-order valence-electron chi connectivity index (χ3n) is 6.13. The largest absolute Gasteiger partial charge is 0.457 e. The molecule has 1 saturated heterocycles. The Kier molecular flexibility index (Phi) is 7.73. The van der Waals surface area contributed by atoms with Gasteiger partial charge < -0.3 is 24.6 Å². The van der Waals surface area contributed by atoms with Gasteiger partial charge in [0.15, 0.2) is 0 Å². The van der Waals surface area contributed by atoms with Crippen LogP contribution >= 0.6 is 0 Å². The minimum Gasteiger partial charge on any atom is -0.457 e. The summed E-state index contributed by atoms with van der Waals surface area (Å²) in [6, 6.07) is 9.75. The first-order valence-electron chi connectivity index (χ1n) is 12.0. The molecule has 4 rings (SSSR count). The van der Waals surface area contributed by atoms with Crippen LogP contribution in [0.15, 0.2) is 34.9 Å². The SMILES string of the molecule is Cc1cc(Oc2c(C)cc(NC(=O)NCCN3CCOCC3)cc2C)cc(-c2c(C)noc2C)c1. The molecule has 1 aromatic heterocycles. The van der Waals surface area contributed by atoms with E-state index in [4.69, 9.17) is 14.0 Å². The van der Waals surface area contributed by atoms with Gasteiger partial charge in [-0.1, -0.05) is 11.2 Å². The van der Waals surface area contributed by atoms with E-state index in [0.717, 1.165) is 89.3 Å². The Morgan fingerprint density at radius 2 is 1.74 bits per heavy atom. The lowest BCUT2D eigenvalue weighted by Crippen LogP contribution is -2.42. The number of aromatic nitrogens is 1. The first-order valence-corrected chi connectivity index (χ1v) is 12.0. The second-order valence-corrected chi connectivity index (χ2v) is 9.11. The number of amides is 2. The Bertz CT molecular complexity index is 1160. The van der Waals surface area contributed by atoms with Crippen molar-refractivity contribution in [3.63, 3.8) is 0 Å². The highest BCUT2D eigenvalue weighted by Crippen LogP contribution is 2.35. The van der Waals surface area contributed by atoms with Gasteiger partial charge in [-0.25, -0.2) is 4.79 Å². The molecule has 3 aromatic rings. The average molecular weight is 479 g/mol. The molecule has 8 nitrogen and oxygen atoms in total. The van der Waals surface area contributed by atoms with Crippen LogP contribution in [0.1, 0.15) is 28.1 Å². The number of urea groups is 1. The smallest absolute Gasteiger partial charge is 0.319 e. The van der Waals surface area contributed by atoms with E-state index in [9.17, 15) is 4.79 Å². The zero-order chi connectivity index (χ0) is 24.9. The van der Waals surface area contributed by atoms with Gasteiger partial charge in [0.1, 0.15) is 17.3 Å². The molecule has 0 radical (unpaired) electrons. The summed E-state index contributed by atoms with van der Waals surface area (Å²) in [5.41, 5.74) is 6.55. The molecule has 2 N–H and O–H groups in total. The van der Waals surface area contributed by atoms with Gasteiger partial charge in [-0.3, -0.25) is 4.90 Å². The molecule has 0 atom stereocenters. The molecule has 0 bridgehead atoms. The molecule has 0 aliphatic carbocycles. The normalized spacial score (nSPS) is 14.1. The Morgan fingerprint density at radius 1 is 1.03 bits per heavy atom. The third-order valence-corrected chi connectivity index (χ3v) is 6.13. The van der Waals surface area contributed by atoms with Gasteiger partial charge in [-0.2, -0.15) is 0 Å². The van der Waals surface area contributed by atoms with E-state index in [2.05, 4.69) is 26.8 Å². The Morgan fingerprint density at radius 3 is 2.40 bits per heavy atom. The second-order valence-electron chi connectivity index (χ2n) is 9.11. The van der Waals surface area contributed by atoms with Crippen molar-refractivity contribution in [2.75, 3.05) is 44.7 Å². The molecule has 2 amide bonds. The van der Waals surface area contributed by atoms with E-state index in [1.165, 1.54) is 0 Å². The summed E-state index contributed by atoms with van der Waals surface area (Å²) in [5.74, 6) is 2.30. The van der Waals surface area contributed by atoms with Crippen LogP contribution in [0, 0.1) is 34.6 Å². The predicted octanol–water partition coefficient (Wildman–Crippen LogP) is 5.13. The number of hydrogen-bond acceptors (Lipinski definition) is 6.